The van der Waals surface area contributed by atoms with Crippen molar-refractivity contribution < 1.29 is 9.59 Å². The summed E-state index contributed by atoms with van der Waals surface area (Å²) in [6.07, 6.45) is 0. The van der Waals surface area contributed by atoms with Crippen LogP contribution in [0.4, 0.5) is 5.69 Å². The maximum Gasteiger partial charge on any atom is 0.253 e. The molecule has 21 heavy (non-hydrogen) atoms. The van der Waals surface area contributed by atoms with Gasteiger partial charge in [-0.1, -0.05) is 30.3 Å². The lowest BCUT2D eigenvalue weighted by molar-refractivity contribution is -0.120. The molecule has 2 aromatic carbocycles. The summed E-state index contributed by atoms with van der Waals surface area (Å²) in [5, 5.41) is 2.75. The van der Waals surface area contributed by atoms with Gasteiger partial charge in [0.25, 0.3) is 11.8 Å². The molecule has 0 spiro atoms. The lowest BCUT2D eigenvalue weighted by Crippen LogP contribution is -2.37. The lowest BCUT2D eigenvalue weighted by Gasteiger charge is -2.22. The van der Waals surface area contributed by atoms with E-state index >= 15 is 0 Å². The van der Waals surface area contributed by atoms with Crippen molar-refractivity contribution in [3.05, 3.63) is 65.2 Å². The Labute approximate surface area is 123 Å². The topological polar surface area (TPSA) is 49.4 Å². The average molecular weight is 280 g/mol. The minimum atomic E-state index is -0.612. The van der Waals surface area contributed by atoms with Crippen LogP contribution in [0, 0.1) is 6.92 Å². The highest BCUT2D eigenvalue weighted by atomic mass is 16.2. The second-order valence-electron chi connectivity index (χ2n) is 5.23. The molecule has 2 amide bonds. The smallest absolute Gasteiger partial charge is 0.253 e. The molecule has 4 heteroatoms. The number of fused-ring (bicyclic) bond motifs is 1. The highest BCUT2D eigenvalue weighted by Gasteiger charge is 2.35. The fourth-order valence-corrected chi connectivity index (χ4v) is 2.59. The molecule has 2 aromatic rings. The summed E-state index contributed by atoms with van der Waals surface area (Å²) in [5.74, 6) is -0.333. The van der Waals surface area contributed by atoms with Gasteiger partial charge in [0.05, 0.1) is 0 Å². The van der Waals surface area contributed by atoms with Gasteiger partial charge in [-0.05, 0) is 36.2 Å². The van der Waals surface area contributed by atoms with Crippen LogP contribution < -0.4 is 10.2 Å². The van der Waals surface area contributed by atoms with E-state index in [0.29, 0.717) is 5.56 Å². The Morgan fingerprint density at radius 1 is 1.14 bits per heavy atom. The number of rotatable bonds is 2. The first-order chi connectivity index (χ1) is 10.1. The molecule has 106 valence electrons. The number of aryl methyl sites for hydroxylation is 1. The van der Waals surface area contributed by atoms with E-state index in [1.807, 2.05) is 43.3 Å². The van der Waals surface area contributed by atoms with Crippen LogP contribution in [0.15, 0.2) is 48.5 Å². The Morgan fingerprint density at radius 2 is 1.90 bits per heavy atom. The molecule has 1 aliphatic rings. The largest absolute Gasteiger partial charge is 0.336 e. The van der Waals surface area contributed by atoms with Gasteiger partial charge in [-0.15, -0.1) is 0 Å². The number of benzene rings is 2. The van der Waals surface area contributed by atoms with Gasteiger partial charge in [0.1, 0.15) is 6.04 Å². The molecule has 0 radical (unpaired) electrons. The molecule has 1 atom stereocenters. The quantitative estimate of drug-likeness (QED) is 0.918. The molecule has 0 bridgehead atoms. The Morgan fingerprint density at radius 3 is 2.67 bits per heavy atom. The Balaban J connectivity index is 1.92. The molecule has 3 rings (SSSR count). The molecule has 1 heterocycles. The molecule has 1 unspecified atom stereocenters. The zero-order valence-electron chi connectivity index (χ0n) is 12.0. The molecule has 1 N–H and O–H groups in total. The maximum absolute atomic E-state index is 12.7. The number of hydrogen-bond donors (Lipinski definition) is 1. The number of nitrogens with one attached hydrogen (secondary N) is 1. The van der Waals surface area contributed by atoms with Crippen molar-refractivity contribution in [2.24, 2.45) is 0 Å². The van der Waals surface area contributed by atoms with Gasteiger partial charge in [0, 0.05) is 18.3 Å². The SMILES string of the molecule is Cc1cccc(N(C)C(=O)C2NC(=O)c3ccccc32)c1. The van der Waals surface area contributed by atoms with Crippen molar-refractivity contribution >= 4 is 17.5 Å². The number of nitrogens with zero attached hydrogens (tertiary/aromatic N) is 1. The average Bonchev–Trinajstić information content (AvgIpc) is 2.83. The minimum absolute atomic E-state index is 0.140. The summed E-state index contributed by atoms with van der Waals surface area (Å²) in [6.45, 7) is 1.98. The van der Waals surface area contributed by atoms with E-state index in [1.165, 1.54) is 0 Å². The predicted octanol–water partition coefficient (Wildman–Crippen LogP) is 2.44. The van der Waals surface area contributed by atoms with Gasteiger partial charge in [-0.2, -0.15) is 0 Å². The van der Waals surface area contributed by atoms with E-state index in [2.05, 4.69) is 5.32 Å². The summed E-state index contributed by atoms with van der Waals surface area (Å²) in [5.41, 5.74) is 3.22. The molecule has 0 aromatic heterocycles. The van der Waals surface area contributed by atoms with Crippen LogP contribution >= 0.6 is 0 Å². The number of amides is 2. The summed E-state index contributed by atoms with van der Waals surface area (Å²) >= 11 is 0. The summed E-state index contributed by atoms with van der Waals surface area (Å²) in [7, 11) is 1.73. The third-order valence-electron chi connectivity index (χ3n) is 3.76. The maximum atomic E-state index is 12.7. The number of carbonyl (C=O) groups is 2. The Kier molecular flexibility index (Phi) is 3.22. The van der Waals surface area contributed by atoms with Crippen LogP contribution in [-0.4, -0.2) is 18.9 Å². The second kappa shape index (κ2) is 5.05. The Bertz CT molecular complexity index is 724. The van der Waals surface area contributed by atoms with Crippen LogP contribution in [0.3, 0.4) is 0 Å². The van der Waals surface area contributed by atoms with Gasteiger partial charge >= 0.3 is 0 Å². The van der Waals surface area contributed by atoms with Crippen molar-refractivity contribution in [3.63, 3.8) is 0 Å². The molecule has 0 fully saturated rings. The highest BCUT2D eigenvalue weighted by Crippen LogP contribution is 2.28. The Hall–Kier alpha value is -2.62. The van der Waals surface area contributed by atoms with Crippen LogP contribution in [-0.2, 0) is 4.79 Å². The van der Waals surface area contributed by atoms with Gasteiger partial charge in [0.15, 0.2) is 0 Å². The van der Waals surface area contributed by atoms with Gasteiger partial charge in [0.2, 0.25) is 0 Å². The number of hydrogen-bond acceptors (Lipinski definition) is 2. The van der Waals surface area contributed by atoms with Crippen LogP contribution in [0.25, 0.3) is 0 Å². The van der Waals surface area contributed by atoms with Crippen LogP contribution in [0.1, 0.15) is 27.5 Å². The highest BCUT2D eigenvalue weighted by molar-refractivity contribution is 6.08. The monoisotopic (exact) mass is 280 g/mol. The van der Waals surface area contributed by atoms with Crippen LogP contribution in [0.2, 0.25) is 0 Å². The van der Waals surface area contributed by atoms with E-state index < -0.39 is 6.04 Å². The lowest BCUT2D eigenvalue weighted by atomic mass is 10.0. The van der Waals surface area contributed by atoms with Crippen molar-refractivity contribution in [2.75, 3.05) is 11.9 Å². The van der Waals surface area contributed by atoms with Crippen LogP contribution in [0.5, 0.6) is 0 Å². The fourth-order valence-electron chi connectivity index (χ4n) is 2.59. The standard InChI is InChI=1S/C17H16N2O2/c1-11-6-5-7-12(10-11)19(2)17(21)15-13-8-3-4-9-14(13)16(20)18-15/h3-10,15H,1-2H3,(H,18,20). The van der Waals surface area contributed by atoms with E-state index in [9.17, 15) is 9.59 Å². The van der Waals surface area contributed by atoms with Crippen molar-refractivity contribution in [1.29, 1.82) is 0 Å². The zero-order valence-corrected chi connectivity index (χ0v) is 12.0. The minimum Gasteiger partial charge on any atom is -0.336 e. The normalized spacial score (nSPS) is 16.3. The first kappa shape index (κ1) is 13.4. The van der Waals surface area contributed by atoms with E-state index in [1.54, 1.807) is 24.1 Å². The summed E-state index contributed by atoms with van der Waals surface area (Å²) in [6, 6.07) is 14.3. The molecule has 1 aliphatic heterocycles. The summed E-state index contributed by atoms with van der Waals surface area (Å²) < 4.78 is 0. The second-order valence-corrected chi connectivity index (χ2v) is 5.23. The fraction of sp³-hybridized carbons (Fsp3) is 0.176. The zero-order chi connectivity index (χ0) is 15.0. The molecule has 4 nitrogen and oxygen atoms in total. The van der Waals surface area contributed by atoms with E-state index in [4.69, 9.17) is 0 Å². The van der Waals surface area contributed by atoms with Gasteiger partial charge < -0.3 is 10.2 Å². The van der Waals surface area contributed by atoms with Gasteiger partial charge in [-0.3, -0.25) is 9.59 Å². The molecular formula is C17H16N2O2. The third-order valence-corrected chi connectivity index (χ3v) is 3.76. The molecule has 0 aliphatic carbocycles. The van der Waals surface area contributed by atoms with Crippen molar-refractivity contribution in [3.8, 4) is 0 Å². The van der Waals surface area contributed by atoms with Crippen molar-refractivity contribution in [1.82, 2.24) is 5.32 Å². The summed E-state index contributed by atoms with van der Waals surface area (Å²) in [4.78, 5) is 26.2. The number of anilines is 1. The molecule has 0 saturated carbocycles. The third kappa shape index (κ3) is 2.29. The predicted molar refractivity (Wildman–Crippen MR) is 81.2 cm³/mol. The molecule has 0 saturated heterocycles. The number of likely N-dealkylation sites (N-methyl/N-ethyl adjacent to an activating group) is 1. The first-order valence-electron chi connectivity index (χ1n) is 6.82. The number of carbonyl (C=O) groups excluding carboxylic acids is 2. The van der Waals surface area contributed by atoms with E-state index in [0.717, 1.165) is 16.8 Å². The van der Waals surface area contributed by atoms with Crippen molar-refractivity contribution in [2.45, 2.75) is 13.0 Å². The first-order valence-corrected chi connectivity index (χ1v) is 6.82. The molecular weight excluding hydrogens is 264 g/mol. The van der Waals surface area contributed by atoms with E-state index in [-0.39, 0.29) is 11.8 Å². The van der Waals surface area contributed by atoms with Gasteiger partial charge in [-0.25, -0.2) is 0 Å².